The number of allylic oxidation sites excluding steroid dienone is 8. The number of hydrogen-bond donors (Lipinski definition) is 4. The standard InChI is InChI=1S/C34H52O6/c1-24(2)8-6-9-25(3)10-7-11-28(23-40-21-20-36)30-14-17-33-31(27(15-19-35)12-18-34(30,33)39)29(26(4)22-37)13-16-32(33,5)38/h7-8,10-11,22,27,30-31,35-36,38-39H,3,6,9,12-21,23H2,1-2,4-5H3. The molecule has 3 saturated carbocycles. The summed E-state index contributed by atoms with van der Waals surface area (Å²) in [6, 6.07) is 0. The Balaban J connectivity index is 2.04. The molecule has 0 aromatic heterocycles. The first-order chi connectivity index (χ1) is 19.0. The van der Waals surface area contributed by atoms with E-state index in [9.17, 15) is 25.2 Å². The smallest absolute Gasteiger partial charge is 0.145 e. The van der Waals surface area contributed by atoms with Crippen molar-refractivity contribution in [1.29, 1.82) is 0 Å². The number of aliphatic hydroxyl groups excluding tert-OH is 2. The van der Waals surface area contributed by atoms with E-state index in [-0.39, 0.29) is 44.2 Å². The number of rotatable bonds is 13. The molecule has 6 heteroatoms. The van der Waals surface area contributed by atoms with E-state index in [0.29, 0.717) is 50.5 Å². The van der Waals surface area contributed by atoms with Crippen molar-refractivity contribution in [2.24, 2.45) is 23.2 Å². The highest BCUT2D eigenvalue weighted by molar-refractivity contribution is 5.74. The highest BCUT2D eigenvalue weighted by Gasteiger charge is 2.73. The third-order valence-electron chi connectivity index (χ3n) is 10.1. The molecule has 40 heavy (non-hydrogen) atoms. The predicted molar refractivity (Wildman–Crippen MR) is 160 cm³/mol. The molecular weight excluding hydrogens is 504 g/mol. The number of carbonyl (C=O) groups is 1. The third-order valence-corrected chi connectivity index (χ3v) is 10.1. The Morgan fingerprint density at radius 1 is 1.10 bits per heavy atom. The van der Waals surface area contributed by atoms with Crippen LogP contribution in [-0.2, 0) is 9.53 Å². The van der Waals surface area contributed by atoms with Gasteiger partial charge < -0.3 is 25.2 Å². The summed E-state index contributed by atoms with van der Waals surface area (Å²) in [5.41, 5.74) is 1.80. The van der Waals surface area contributed by atoms with Crippen LogP contribution < -0.4 is 0 Å². The maximum absolute atomic E-state index is 12.8. The lowest BCUT2D eigenvalue weighted by Gasteiger charge is -2.64. The molecular formula is C34H52O6. The molecule has 3 aliphatic rings. The van der Waals surface area contributed by atoms with Crippen LogP contribution in [0, 0.1) is 23.2 Å². The van der Waals surface area contributed by atoms with Gasteiger partial charge in [-0.1, -0.05) is 47.6 Å². The van der Waals surface area contributed by atoms with Crippen LogP contribution in [0.15, 0.2) is 58.7 Å². The third kappa shape index (κ3) is 6.32. The fourth-order valence-electron chi connectivity index (χ4n) is 8.29. The molecule has 0 aromatic rings. The maximum Gasteiger partial charge on any atom is 0.145 e. The van der Waals surface area contributed by atoms with Crippen LogP contribution in [0.1, 0.15) is 85.5 Å². The van der Waals surface area contributed by atoms with Crippen molar-refractivity contribution in [3.05, 3.63) is 58.7 Å². The lowest BCUT2D eigenvalue weighted by Crippen LogP contribution is -2.69. The zero-order valence-corrected chi connectivity index (χ0v) is 25.1. The minimum absolute atomic E-state index is 0.0388. The van der Waals surface area contributed by atoms with Crippen molar-refractivity contribution in [3.8, 4) is 0 Å². The number of aliphatic hydroxyl groups is 4. The van der Waals surface area contributed by atoms with Gasteiger partial charge in [0.15, 0.2) is 0 Å². The van der Waals surface area contributed by atoms with Gasteiger partial charge in [-0.15, -0.1) is 0 Å². The van der Waals surface area contributed by atoms with E-state index in [1.54, 1.807) is 0 Å². The Bertz CT molecular complexity index is 1030. The van der Waals surface area contributed by atoms with Gasteiger partial charge in [-0.3, -0.25) is 4.79 Å². The second-order valence-corrected chi connectivity index (χ2v) is 12.7. The van der Waals surface area contributed by atoms with Crippen molar-refractivity contribution in [3.63, 3.8) is 0 Å². The molecule has 0 amide bonds. The lowest BCUT2D eigenvalue weighted by molar-refractivity contribution is -0.246. The van der Waals surface area contributed by atoms with Gasteiger partial charge in [0.1, 0.15) is 6.29 Å². The van der Waals surface area contributed by atoms with E-state index in [1.807, 2.05) is 32.1 Å². The Morgan fingerprint density at radius 2 is 1.85 bits per heavy atom. The molecule has 4 N–H and O–H groups in total. The van der Waals surface area contributed by atoms with E-state index < -0.39 is 16.6 Å². The summed E-state index contributed by atoms with van der Waals surface area (Å²) in [7, 11) is 0. The van der Waals surface area contributed by atoms with Crippen molar-refractivity contribution < 1.29 is 30.0 Å². The van der Waals surface area contributed by atoms with E-state index in [4.69, 9.17) is 4.74 Å². The molecule has 3 fully saturated rings. The van der Waals surface area contributed by atoms with Gasteiger partial charge in [0.2, 0.25) is 0 Å². The molecule has 0 radical (unpaired) electrons. The van der Waals surface area contributed by atoms with Gasteiger partial charge in [-0.25, -0.2) is 0 Å². The van der Waals surface area contributed by atoms with Gasteiger partial charge in [0.25, 0.3) is 0 Å². The second-order valence-electron chi connectivity index (χ2n) is 12.7. The quantitative estimate of drug-likeness (QED) is 0.0798. The first kappa shape index (κ1) is 32.7. The monoisotopic (exact) mass is 556 g/mol. The zero-order valence-electron chi connectivity index (χ0n) is 25.1. The van der Waals surface area contributed by atoms with E-state index in [2.05, 4.69) is 26.5 Å². The molecule has 0 bridgehead atoms. The van der Waals surface area contributed by atoms with E-state index in [0.717, 1.165) is 35.8 Å². The summed E-state index contributed by atoms with van der Waals surface area (Å²) < 4.78 is 5.81. The van der Waals surface area contributed by atoms with Gasteiger partial charge >= 0.3 is 0 Å². The number of aldehydes is 1. The lowest BCUT2D eigenvalue weighted by atomic mass is 9.43. The molecule has 3 aliphatic carbocycles. The minimum Gasteiger partial charge on any atom is -0.396 e. The van der Waals surface area contributed by atoms with E-state index >= 15 is 0 Å². The molecule has 6 unspecified atom stereocenters. The summed E-state index contributed by atoms with van der Waals surface area (Å²) in [4.78, 5) is 12.0. The van der Waals surface area contributed by atoms with E-state index in [1.165, 1.54) is 5.57 Å². The summed E-state index contributed by atoms with van der Waals surface area (Å²) in [5.74, 6) is -0.333. The average Bonchev–Trinajstić information content (AvgIpc) is 3.22. The van der Waals surface area contributed by atoms with Gasteiger partial charge in [0, 0.05) is 17.9 Å². The van der Waals surface area contributed by atoms with Crippen LogP contribution in [0.3, 0.4) is 0 Å². The molecule has 224 valence electrons. The fourth-order valence-corrected chi connectivity index (χ4v) is 8.29. The normalized spacial score (nSPS) is 35.3. The summed E-state index contributed by atoms with van der Waals surface area (Å²) in [5, 5.41) is 44.2. The highest BCUT2D eigenvalue weighted by Crippen LogP contribution is 2.71. The van der Waals surface area contributed by atoms with Crippen LogP contribution in [0.25, 0.3) is 0 Å². The van der Waals surface area contributed by atoms with Crippen LogP contribution >= 0.6 is 0 Å². The molecule has 0 saturated heterocycles. The Kier molecular flexibility index (Phi) is 11.3. The van der Waals surface area contributed by atoms with Crippen LogP contribution in [0.5, 0.6) is 0 Å². The van der Waals surface area contributed by atoms with Gasteiger partial charge in [0.05, 0.1) is 31.0 Å². The first-order valence-corrected chi connectivity index (χ1v) is 15.1. The Hall–Kier alpha value is -1.83. The highest BCUT2D eigenvalue weighted by atomic mass is 16.5. The van der Waals surface area contributed by atoms with Crippen LogP contribution in [-0.4, -0.2) is 64.3 Å². The average molecular weight is 557 g/mol. The predicted octanol–water partition coefficient (Wildman–Crippen LogP) is 5.38. The molecule has 0 aromatic carbocycles. The topological polar surface area (TPSA) is 107 Å². The van der Waals surface area contributed by atoms with Gasteiger partial charge in [-0.05, 0) is 108 Å². The number of carbonyl (C=O) groups excluding carboxylic acids is 1. The molecule has 6 atom stereocenters. The summed E-state index contributed by atoms with van der Waals surface area (Å²) in [6.45, 7) is 12.5. The summed E-state index contributed by atoms with van der Waals surface area (Å²) >= 11 is 0. The molecule has 0 heterocycles. The largest absolute Gasteiger partial charge is 0.396 e. The van der Waals surface area contributed by atoms with Crippen LogP contribution in [0.2, 0.25) is 0 Å². The maximum atomic E-state index is 12.8. The Labute approximate surface area is 241 Å². The SMILES string of the molecule is C=C(C=CC=C(COCCO)C1CCC23C(C(=C(C)C=O)CCC2(C)O)C(CCO)CCC13O)CCC=C(C)C. The summed E-state index contributed by atoms with van der Waals surface area (Å²) in [6.07, 6.45) is 15.1. The number of hydrogen-bond acceptors (Lipinski definition) is 6. The zero-order chi connectivity index (χ0) is 29.6. The van der Waals surface area contributed by atoms with Gasteiger partial charge in [-0.2, -0.15) is 0 Å². The van der Waals surface area contributed by atoms with Crippen molar-refractivity contribution in [2.45, 2.75) is 96.7 Å². The molecule has 3 rings (SSSR count). The molecule has 6 nitrogen and oxygen atoms in total. The number of ether oxygens (including phenoxy) is 1. The first-order valence-electron chi connectivity index (χ1n) is 15.1. The second kappa shape index (κ2) is 13.9. The van der Waals surface area contributed by atoms with Crippen molar-refractivity contribution in [1.82, 2.24) is 0 Å². The Morgan fingerprint density at radius 3 is 2.50 bits per heavy atom. The van der Waals surface area contributed by atoms with Crippen LogP contribution in [0.4, 0.5) is 0 Å². The fraction of sp³-hybridized carbons (Fsp3) is 0.676. The molecule has 1 spiro atoms. The minimum atomic E-state index is -1.20. The molecule has 0 aliphatic heterocycles. The van der Waals surface area contributed by atoms with Crippen molar-refractivity contribution in [2.75, 3.05) is 26.4 Å². The van der Waals surface area contributed by atoms with Crippen molar-refractivity contribution >= 4 is 6.29 Å².